The van der Waals surface area contributed by atoms with E-state index in [0.717, 1.165) is 12.8 Å². The zero-order valence-corrected chi connectivity index (χ0v) is 11.5. The molecule has 0 aromatic carbocycles. The first-order valence-electron chi connectivity index (χ1n) is 6.35. The number of carbonyl (C=O) groups is 1. The molecule has 6 nitrogen and oxygen atoms in total. The Bertz CT molecular complexity index is 550. The minimum Gasteiger partial charge on any atom is -0.480 e. The molecule has 1 N–H and O–H groups in total. The minimum absolute atomic E-state index is 0.227. The number of aromatic nitrogens is 2. The van der Waals surface area contributed by atoms with Crippen molar-refractivity contribution in [3.05, 3.63) is 22.7 Å². The van der Waals surface area contributed by atoms with Gasteiger partial charge >= 0.3 is 5.97 Å². The molecule has 1 fully saturated rings. The average Bonchev–Trinajstić information content (AvgIpc) is 2.30. The number of anilines is 1. The number of aliphatic carboxylic acids is 1. The molecule has 0 aliphatic carbocycles. The van der Waals surface area contributed by atoms with Crippen LogP contribution >= 0.6 is 0 Å². The number of aryl methyl sites for hydroxylation is 1. The van der Waals surface area contributed by atoms with Crippen molar-refractivity contribution in [2.75, 3.05) is 11.4 Å². The van der Waals surface area contributed by atoms with Gasteiger partial charge in [-0.1, -0.05) is 13.8 Å². The van der Waals surface area contributed by atoms with Crippen LogP contribution < -0.4 is 10.5 Å². The van der Waals surface area contributed by atoms with Crippen LogP contribution in [0.15, 0.2) is 17.2 Å². The van der Waals surface area contributed by atoms with Gasteiger partial charge in [-0.25, -0.2) is 9.78 Å². The van der Waals surface area contributed by atoms with Crippen LogP contribution in [0.1, 0.15) is 26.7 Å². The summed E-state index contributed by atoms with van der Waals surface area (Å²) < 4.78 is 1.42. The van der Waals surface area contributed by atoms with E-state index < -0.39 is 12.0 Å². The van der Waals surface area contributed by atoms with Gasteiger partial charge in [0.2, 0.25) is 0 Å². The van der Waals surface area contributed by atoms with Crippen LogP contribution in [0.25, 0.3) is 0 Å². The summed E-state index contributed by atoms with van der Waals surface area (Å²) in [5.74, 6) is -0.678. The van der Waals surface area contributed by atoms with Gasteiger partial charge in [-0.15, -0.1) is 0 Å². The van der Waals surface area contributed by atoms with Gasteiger partial charge in [0.25, 0.3) is 5.56 Å². The smallest absolute Gasteiger partial charge is 0.326 e. The van der Waals surface area contributed by atoms with Crippen LogP contribution in [0, 0.1) is 5.41 Å². The van der Waals surface area contributed by atoms with Gasteiger partial charge < -0.3 is 14.6 Å². The third kappa shape index (κ3) is 2.34. The molecule has 0 bridgehead atoms. The van der Waals surface area contributed by atoms with Crippen LogP contribution in [0.4, 0.5) is 5.82 Å². The zero-order chi connectivity index (χ0) is 14.2. The summed E-state index contributed by atoms with van der Waals surface area (Å²) in [5, 5.41) is 9.49. The van der Waals surface area contributed by atoms with E-state index in [0.29, 0.717) is 6.54 Å². The van der Waals surface area contributed by atoms with Gasteiger partial charge in [-0.05, 0) is 18.3 Å². The summed E-state index contributed by atoms with van der Waals surface area (Å²) in [6.07, 6.45) is 4.78. The molecule has 0 saturated carbocycles. The topological polar surface area (TPSA) is 75.4 Å². The SMILES string of the molecule is Cn1ccnc(N2CCCC(C)(C)C2C(=O)O)c1=O. The first kappa shape index (κ1) is 13.6. The number of hydrogen-bond donors (Lipinski definition) is 1. The molecule has 104 valence electrons. The van der Waals surface area contributed by atoms with Gasteiger partial charge in [-0.2, -0.15) is 0 Å². The summed E-state index contributed by atoms with van der Waals surface area (Å²) >= 11 is 0. The second-order valence-electron chi connectivity index (χ2n) is 5.69. The molecule has 0 radical (unpaired) electrons. The van der Waals surface area contributed by atoms with Crippen molar-refractivity contribution in [2.45, 2.75) is 32.7 Å². The second kappa shape index (κ2) is 4.68. The Morgan fingerprint density at radius 3 is 2.84 bits per heavy atom. The number of carboxylic acids is 1. The Labute approximate surface area is 111 Å². The van der Waals surface area contributed by atoms with E-state index in [1.54, 1.807) is 18.1 Å². The Morgan fingerprint density at radius 1 is 1.53 bits per heavy atom. The maximum Gasteiger partial charge on any atom is 0.326 e. The average molecular weight is 265 g/mol. The van der Waals surface area contributed by atoms with Gasteiger partial charge in [0.15, 0.2) is 5.82 Å². The Balaban J connectivity index is 2.50. The van der Waals surface area contributed by atoms with Crippen molar-refractivity contribution in [2.24, 2.45) is 12.5 Å². The lowest BCUT2D eigenvalue weighted by Crippen LogP contribution is -2.56. The first-order chi connectivity index (χ1) is 8.84. The first-order valence-corrected chi connectivity index (χ1v) is 6.35. The fraction of sp³-hybridized carbons (Fsp3) is 0.615. The molecule has 0 amide bonds. The molecule has 1 aromatic heterocycles. The maximum atomic E-state index is 12.1. The number of rotatable bonds is 2. The van der Waals surface area contributed by atoms with Gasteiger partial charge in [-0.3, -0.25) is 4.79 Å². The van der Waals surface area contributed by atoms with Crippen molar-refractivity contribution in [1.82, 2.24) is 9.55 Å². The van der Waals surface area contributed by atoms with Crippen molar-refractivity contribution < 1.29 is 9.90 Å². The molecular formula is C13H19N3O3. The number of hydrogen-bond acceptors (Lipinski definition) is 4. The van der Waals surface area contributed by atoms with E-state index in [1.807, 2.05) is 13.8 Å². The summed E-state index contributed by atoms with van der Waals surface area (Å²) in [6.45, 7) is 4.39. The normalized spacial score (nSPS) is 22.3. The third-order valence-corrected chi connectivity index (χ3v) is 3.78. The predicted octanol–water partition coefficient (Wildman–Crippen LogP) is 0.860. The molecular weight excluding hydrogens is 246 g/mol. The van der Waals surface area contributed by atoms with E-state index in [4.69, 9.17) is 0 Å². The van der Waals surface area contributed by atoms with E-state index in [2.05, 4.69) is 4.98 Å². The molecule has 1 unspecified atom stereocenters. The highest BCUT2D eigenvalue weighted by molar-refractivity contribution is 5.79. The van der Waals surface area contributed by atoms with Gasteiger partial charge in [0, 0.05) is 26.0 Å². The van der Waals surface area contributed by atoms with E-state index in [-0.39, 0.29) is 16.8 Å². The van der Waals surface area contributed by atoms with Crippen LogP contribution in [-0.4, -0.2) is 33.2 Å². The van der Waals surface area contributed by atoms with E-state index in [1.165, 1.54) is 10.8 Å². The van der Waals surface area contributed by atoms with Gasteiger partial charge in [0.1, 0.15) is 6.04 Å². The standard InChI is InChI=1S/C13H19N3O3/c1-13(2)5-4-7-16(9(13)12(18)19)10-11(17)15(3)8-6-14-10/h6,8-9H,4-5,7H2,1-3H3,(H,18,19). The van der Waals surface area contributed by atoms with Crippen LogP contribution in [-0.2, 0) is 11.8 Å². The van der Waals surface area contributed by atoms with Crippen molar-refractivity contribution in [3.8, 4) is 0 Å². The summed E-state index contributed by atoms with van der Waals surface area (Å²) in [7, 11) is 1.64. The summed E-state index contributed by atoms with van der Waals surface area (Å²) in [6, 6.07) is -0.719. The van der Waals surface area contributed by atoms with Crippen LogP contribution in [0.2, 0.25) is 0 Å². The molecule has 1 atom stereocenters. The van der Waals surface area contributed by atoms with Gasteiger partial charge in [0.05, 0.1) is 0 Å². The minimum atomic E-state index is -0.905. The van der Waals surface area contributed by atoms with E-state index >= 15 is 0 Å². The molecule has 0 spiro atoms. The highest BCUT2D eigenvalue weighted by atomic mass is 16.4. The predicted molar refractivity (Wildman–Crippen MR) is 71.3 cm³/mol. The lowest BCUT2D eigenvalue weighted by Gasteiger charge is -2.44. The molecule has 2 heterocycles. The molecule has 1 aromatic rings. The second-order valence-corrected chi connectivity index (χ2v) is 5.69. The maximum absolute atomic E-state index is 12.1. The van der Waals surface area contributed by atoms with Crippen molar-refractivity contribution >= 4 is 11.8 Å². The third-order valence-electron chi connectivity index (χ3n) is 3.78. The summed E-state index contributed by atoms with van der Waals surface area (Å²) in [4.78, 5) is 29.4. The molecule has 1 aliphatic rings. The highest BCUT2D eigenvalue weighted by Crippen LogP contribution is 2.36. The fourth-order valence-corrected chi connectivity index (χ4v) is 2.77. The van der Waals surface area contributed by atoms with E-state index in [9.17, 15) is 14.7 Å². The zero-order valence-electron chi connectivity index (χ0n) is 11.5. The van der Waals surface area contributed by atoms with Crippen molar-refractivity contribution in [1.29, 1.82) is 0 Å². The number of piperidine rings is 1. The number of nitrogens with zero attached hydrogens (tertiary/aromatic N) is 3. The molecule has 1 saturated heterocycles. The number of carboxylic acid groups (broad SMARTS) is 1. The lowest BCUT2D eigenvalue weighted by atomic mass is 9.76. The Kier molecular flexibility index (Phi) is 3.34. The summed E-state index contributed by atoms with van der Waals surface area (Å²) in [5.41, 5.74) is -0.640. The monoisotopic (exact) mass is 265 g/mol. The van der Waals surface area contributed by atoms with Crippen LogP contribution in [0.3, 0.4) is 0 Å². The lowest BCUT2D eigenvalue weighted by molar-refractivity contribution is -0.142. The molecule has 1 aliphatic heterocycles. The highest BCUT2D eigenvalue weighted by Gasteiger charge is 2.43. The Hall–Kier alpha value is -1.85. The Morgan fingerprint density at radius 2 is 2.21 bits per heavy atom. The fourth-order valence-electron chi connectivity index (χ4n) is 2.77. The quantitative estimate of drug-likeness (QED) is 0.858. The molecule has 6 heteroatoms. The van der Waals surface area contributed by atoms with Crippen molar-refractivity contribution in [3.63, 3.8) is 0 Å². The largest absolute Gasteiger partial charge is 0.480 e. The molecule has 2 rings (SSSR count). The van der Waals surface area contributed by atoms with Crippen LogP contribution in [0.5, 0.6) is 0 Å². The molecule has 19 heavy (non-hydrogen) atoms.